The van der Waals surface area contributed by atoms with Crippen LogP contribution in [-0.2, 0) is 51.2 Å². The molecule has 3 fully saturated rings. The maximum atomic E-state index is 17.0. The number of amides is 1. The van der Waals surface area contributed by atoms with E-state index < -0.39 is 89.2 Å². The number of ether oxygens (including phenoxy) is 5. The SMILES string of the molecule is CCN[C@H]1C[C@@H](C)O[C@@H](O[C@@H]2[C@H](C)C(=O)[C@](C)(F)C(=O)O[C@H](CC)[C@@]3(C)OC(=O)N(CCN(Cc4cccnc4)Cc4cccnc4)C3[C@@H](C)C(=O)[C@H](C)C[C@@]2(C)OC)[C@H]1O. The number of fused-ring (bicyclic) bond motifs is 1. The zero-order valence-electron chi connectivity index (χ0n) is 37.3. The van der Waals surface area contributed by atoms with Crippen molar-refractivity contribution < 1.29 is 52.4 Å². The molecule has 3 saturated heterocycles. The monoisotopic (exact) mass is 855 g/mol. The summed E-state index contributed by atoms with van der Waals surface area (Å²) in [6, 6.07) is 6.24. The number of carbonyl (C=O) groups excluding carboxylic acids is 4. The largest absolute Gasteiger partial charge is 0.455 e. The number of ketones is 2. The topological polar surface area (TPSA) is 179 Å². The van der Waals surface area contributed by atoms with Crippen molar-refractivity contribution in [2.24, 2.45) is 17.8 Å². The molecule has 3 aliphatic rings. The van der Waals surface area contributed by atoms with E-state index in [9.17, 15) is 24.3 Å². The van der Waals surface area contributed by atoms with E-state index in [-0.39, 0.29) is 31.3 Å². The van der Waals surface area contributed by atoms with Crippen molar-refractivity contribution in [3.8, 4) is 0 Å². The summed E-state index contributed by atoms with van der Waals surface area (Å²) in [5, 5.41) is 14.6. The summed E-state index contributed by atoms with van der Waals surface area (Å²) in [5.74, 6) is -5.90. The summed E-state index contributed by atoms with van der Waals surface area (Å²) in [7, 11) is 1.40. The molecule has 2 aromatic rings. The number of nitrogens with zero attached hydrogens (tertiary/aromatic N) is 4. The summed E-state index contributed by atoms with van der Waals surface area (Å²) in [6.45, 7) is 16.4. The van der Waals surface area contributed by atoms with Gasteiger partial charge in [-0.25, -0.2) is 14.0 Å². The minimum atomic E-state index is -3.20. The van der Waals surface area contributed by atoms with Crippen molar-refractivity contribution in [1.29, 1.82) is 0 Å². The number of alkyl halides is 1. The Labute approximate surface area is 359 Å². The van der Waals surface area contributed by atoms with E-state index in [1.165, 1.54) is 18.9 Å². The average molecular weight is 856 g/mol. The molecule has 15 nitrogen and oxygen atoms in total. The van der Waals surface area contributed by atoms with Gasteiger partial charge in [0.15, 0.2) is 17.7 Å². The Morgan fingerprint density at radius 1 is 0.984 bits per heavy atom. The zero-order valence-corrected chi connectivity index (χ0v) is 37.3. The van der Waals surface area contributed by atoms with Crippen molar-refractivity contribution in [2.75, 3.05) is 26.7 Å². The number of carbonyl (C=O) groups is 4. The van der Waals surface area contributed by atoms with E-state index in [1.807, 2.05) is 38.1 Å². The van der Waals surface area contributed by atoms with Crippen LogP contribution in [0.1, 0.15) is 92.7 Å². The molecule has 1 amide bonds. The molecule has 0 aliphatic carbocycles. The minimum Gasteiger partial charge on any atom is -0.455 e. The van der Waals surface area contributed by atoms with Crippen LogP contribution in [0.15, 0.2) is 49.1 Å². The maximum absolute atomic E-state index is 17.0. The van der Waals surface area contributed by atoms with Gasteiger partial charge >= 0.3 is 12.1 Å². The predicted octanol–water partition coefficient (Wildman–Crippen LogP) is 4.82. The lowest BCUT2D eigenvalue weighted by molar-refractivity contribution is -0.290. The van der Waals surface area contributed by atoms with Crippen molar-refractivity contribution in [2.45, 2.75) is 154 Å². The first-order valence-electron chi connectivity index (χ1n) is 21.6. The molecule has 0 saturated carbocycles. The van der Waals surface area contributed by atoms with E-state index >= 15 is 4.39 Å². The molecule has 0 spiro atoms. The molecule has 3 aliphatic heterocycles. The quantitative estimate of drug-likeness (QED) is 0.207. The molecule has 13 atom stereocenters. The zero-order chi connectivity index (χ0) is 44.9. The van der Waals surface area contributed by atoms with Gasteiger partial charge in [0.1, 0.15) is 18.0 Å². The van der Waals surface area contributed by atoms with Crippen LogP contribution in [0, 0.1) is 17.8 Å². The van der Waals surface area contributed by atoms with Gasteiger partial charge in [-0.3, -0.25) is 29.4 Å². The number of Topliss-reactive ketones (excluding diaryl/α,β-unsaturated/α-hetero) is 2. The summed E-state index contributed by atoms with van der Waals surface area (Å²) in [5.41, 5.74) is -4.40. The fourth-order valence-corrected chi connectivity index (χ4v) is 9.65. The molecule has 16 heteroatoms. The van der Waals surface area contributed by atoms with Gasteiger partial charge in [0.25, 0.3) is 5.67 Å². The van der Waals surface area contributed by atoms with Crippen molar-refractivity contribution in [1.82, 2.24) is 25.1 Å². The highest BCUT2D eigenvalue weighted by atomic mass is 19.1. The first kappa shape index (κ1) is 48.1. The number of halogens is 1. The number of nitrogens with one attached hydrogen (secondary N) is 1. The number of esters is 1. The van der Waals surface area contributed by atoms with Crippen LogP contribution < -0.4 is 5.32 Å². The van der Waals surface area contributed by atoms with Crippen LogP contribution in [0.5, 0.6) is 0 Å². The van der Waals surface area contributed by atoms with E-state index in [2.05, 4.69) is 20.2 Å². The Bertz CT molecular complexity index is 1770. The molecule has 61 heavy (non-hydrogen) atoms. The number of methoxy groups -OCH3 is 1. The van der Waals surface area contributed by atoms with Gasteiger partial charge in [-0.15, -0.1) is 0 Å². The standard InChI is InChI=1S/C45H66FN5O10/c1-11-34-45(9)37(51(42(56)61-45)20-19-50(25-31-15-13-17-47-23-31)26-32-16-14-18-48-24-32)29(5)35(52)27(3)22-43(7,57-10)39(30(6)38(54)44(8,46)41(55)59-34)60-40-36(53)33(49-12-2)21-28(4)58-40/h13-18,23-24,27-30,33-34,36-37,39-40,49,53H,11-12,19-22,25-26H2,1-10H3/t27-,28-,29+,30-,33+,34-,36+,37?,39-,40+,43-,44+,45-/m1/s1. The van der Waals surface area contributed by atoms with Crippen LogP contribution in [0.4, 0.5) is 9.18 Å². The molecular formula is C45H66FN5O10. The number of aliphatic hydroxyl groups excluding tert-OH is 1. The molecule has 5 rings (SSSR count). The summed E-state index contributed by atoms with van der Waals surface area (Å²) < 4.78 is 47.7. The second-order valence-electron chi connectivity index (χ2n) is 17.7. The molecule has 0 radical (unpaired) electrons. The third kappa shape index (κ3) is 10.5. The number of cyclic esters (lactones) is 1. The van der Waals surface area contributed by atoms with Crippen LogP contribution >= 0.6 is 0 Å². The van der Waals surface area contributed by atoms with E-state index in [0.717, 1.165) is 18.1 Å². The molecule has 2 aromatic heterocycles. The third-order valence-corrected chi connectivity index (χ3v) is 12.9. The lowest BCUT2D eigenvalue weighted by Gasteiger charge is -2.46. The van der Waals surface area contributed by atoms with E-state index in [1.54, 1.807) is 59.4 Å². The number of hydrogen-bond donors (Lipinski definition) is 2. The van der Waals surface area contributed by atoms with Crippen LogP contribution in [-0.4, -0.2) is 135 Å². The fourth-order valence-electron chi connectivity index (χ4n) is 9.65. The van der Waals surface area contributed by atoms with Gasteiger partial charge in [-0.2, -0.15) is 0 Å². The molecule has 0 bridgehead atoms. The molecule has 338 valence electrons. The molecule has 0 aromatic carbocycles. The molecule has 5 heterocycles. The first-order chi connectivity index (χ1) is 28.8. The van der Waals surface area contributed by atoms with Crippen molar-refractivity contribution in [3.05, 3.63) is 60.2 Å². The number of rotatable bonds is 13. The Balaban J connectivity index is 1.53. The van der Waals surface area contributed by atoms with Gasteiger partial charge in [-0.05, 0) is 76.8 Å². The van der Waals surface area contributed by atoms with Crippen LogP contribution in [0.2, 0.25) is 0 Å². The van der Waals surface area contributed by atoms with Crippen LogP contribution in [0.25, 0.3) is 0 Å². The van der Waals surface area contributed by atoms with Crippen molar-refractivity contribution >= 4 is 23.6 Å². The maximum Gasteiger partial charge on any atom is 0.410 e. The summed E-state index contributed by atoms with van der Waals surface area (Å²) in [4.78, 5) is 69.5. The predicted molar refractivity (Wildman–Crippen MR) is 222 cm³/mol. The Morgan fingerprint density at radius 3 is 2.15 bits per heavy atom. The van der Waals surface area contributed by atoms with Gasteiger partial charge in [0.05, 0.1) is 23.9 Å². The lowest BCUT2D eigenvalue weighted by Crippen LogP contribution is -2.62. The second-order valence-corrected chi connectivity index (χ2v) is 17.7. The average Bonchev–Trinajstić information content (AvgIpc) is 3.50. The molecule has 1 unspecified atom stereocenters. The molecule has 2 N–H and O–H groups in total. The summed E-state index contributed by atoms with van der Waals surface area (Å²) in [6.07, 6.45) is 1.40. The van der Waals surface area contributed by atoms with Gasteiger partial charge < -0.3 is 34.1 Å². The Hall–Kier alpha value is -3.93. The highest BCUT2D eigenvalue weighted by molar-refractivity contribution is 6.08. The fraction of sp³-hybridized carbons (Fsp3) is 0.689. The number of aliphatic hydroxyl groups is 1. The van der Waals surface area contributed by atoms with Gasteiger partial charge in [-0.1, -0.05) is 46.8 Å². The van der Waals surface area contributed by atoms with Crippen LogP contribution in [0.3, 0.4) is 0 Å². The Morgan fingerprint density at radius 2 is 1.61 bits per heavy atom. The highest BCUT2D eigenvalue weighted by Crippen LogP contribution is 2.43. The number of hydrogen-bond acceptors (Lipinski definition) is 14. The van der Waals surface area contributed by atoms with E-state index in [0.29, 0.717) is 32.6 Å². The normalized spacial score (nSPS) is 36.6. The number of pyridine rings is 2. The molecular weight excluding hydrogens is 790 g/mol. The highest BCUT2D eigenvalue weighted by Gasteiger charge is 2.61. The Kier molecular flexibility index (Phi) is 15.8. The van der Waals surface area contributed by atoms with E-state index in [4.69, 9.17) is 23.7 Å². The smallest absolute Gasteiger partial charge is 0.410 e. The third-order valence-electron chi connectivity index (χ3n) is 12.9. The van der Waals surface area contributed by atoms with Crippen molar-refractivity contribution in [3.63, 3.8) is 0 Å². The number of aromatic nitrogens is 2. The number of likely N-dealkylation sites (N-methyl/N-ethyl adjacent to an activating group) is 1. The minimum absolute atomic E-state index is 0.0170. The lowest BCUT2D eigenvalue weighted by atomic mass is 9.73. The van der Waals surface area contributed by atoms with Gasteiger partial charge in [0, 0.05) is 81.9 Å². The first-order valence-corrected chi connectivity index (χ1v) is 21.6. The van der Waals surface area contributed by atoms with Gasteiger partial charge in [0.2, 0.25) is 0 Å². The second kappa shape index (κ2) is 20.1. The summed E-state index contributed by atoms with van der Waals surface area (Å²) >= 11 is 0.